The number of hydrazone groups is 1. The highest BCUT2D eigenvalue weighted by molar-refractivity contribution is 6.31. The second kappa shape index (κ2) is 9.55. The van der Waals surface area contributed by atoms with Crippen LogP contribution in [-0.4, -0.2) is 12.1 Å². The lowest BCUT2D eigenvalue weighted by Crippen LogP contribution is -2.19. The van der Waals surface area contributed by atoms with Crippen molar-refractivity contribution in [3.8, 4) is 5.75 Å². The van der Waals surface area contributed by atoms with E-state index in [0.29, 0.717) is 17.4 Å². The Bertz CT molecular complexity index is 926. The molecule has 0 aromatic heterocycles. The third-order valence-corrected chi connectivity index (χ3v) is 4.23. The van der Waals surface area contributed by atoms with Gasteiger partial charge in [-0.05, 0) is 23.8 Å². The third kappa shape index (κ3) is 5.69. The van der Waals surface area contributed by atoms with Crippen molar-refractivity contribution in [3.05, 3.63) is 101 Å². The fraction of sp³-hybridized carbons (Fsp3) is 0.0909. The van der Waals surface area contributed by atoms with Gasteiger partial charge in [0.2, 0.25) is 5.91 Å². The minimum absolute atomic E-state index is 0.174. The number of carbonyl (C=O) groups is 1. The number of halogens is 1. The average Bonchev–Trinajstić information content (AvgIpc) is 2.69. The Morgan fingerprint density at radius 3 is 2.48 bits per heavy atom. The Hall–Kier alpha value is -3.11. The summed E-state index contributed by atoms with van der Waals surface area (Å²) < 4.78 is 5.87. The van der Waals surface area contributed by atoms with Crippen LogP contribution in [0.1, 0.15) is 16.7 Å². The molecule has 0 atom stereocenters. The molecule has 4 nitrogen and oxygen atoms in total. The van der Waals surface area contributed by atoms with Crippen LogP contribution in [0.5, 0.6) is 5.75 Å². The van der Waals surface area contributed by atoms with Gasteiger partial charge >= 0.3 is 0 Å². The first-order chi connectivity index (χ1) is 13.2. The molecule has 0 unspecified atom stereocenters. The first-order valence-electron chi connectivity index (χ1n) is 8.53. The summed E-state index contributed by atoms with van der Waals surface area (Å²) >= 11 is 6.16. The summed E-state index contributed by atoms with van der Waals surface area (Å²) in [4.78, 5) is 12.0. The van der Waals surface area contributed by atoms with Gasteiger partial charge in [-0.3, -0.25) is 4.79 Å². The van der Waals surface area contributed by atoms with E-state index >= 15 is 0 Å². The van der Waals surface area contributed by atoms with Crippen LogP contribution in [-0.2, 0) is 17.8 Å². The molecule has 0 bridgehead atoms. The summed E-state index contributed by atoms with van der Waals surface area (Å²) in [6.45, 7) is 0.352. The lowest BCUT2D eigenvalue weighted by molar-refractivity contribution is -0.120. The number of hydrogen-bond acceptors (Lipinski definition) is 3. The van der Waals surface area contributed by atoms with Gasteiger partial charge in [-0.2, -0.15) is 5.10 Å². The molecule has 1 N–H and O–H groups in total. The Morgan fingerprint density at radius 1 is 0.963 bits per heavy atom. The minimum atomic E-state index is -0.174. The quantitative estimate of drug-likeness (QED) is 0.482. The van der Waals surface area contributed by atoms with Crippen LogP contribution in [0.4, 0.5) is 0 Å². The van der Waals surface area contributed by atoms with Crippen molar-refractivity contribution in [3.63, 3.8) is 0 Å². The standard InChI is InChI=1S/C22H19ClN2O2/c23-20-12-6-4-11-19(20)16-27-21-13-7-5-10-18(21)15-24-25-22(26)14-17-8-2-1-3-9-17/h1-13,15H,14,16H2,(H,25,26)/b24-15+. The lowest BCUT2D eigenvalue weighted by atomic mass is 10.1. The summed E-state index contributed by atoms with van der Waals surface area (Å²) in [5, 5.41) is 4.70. The topological polar surface area (TPSA) is 50.7 Å². The molecule has 0 spiro atoms. The van der Waals surface area contributed by atoms with Crippen molar-refractivity contribution in [2.24, 2.45) is 5.10 Å². The molecule has 3 rings (SSSR count). The minimum Gasteiger partial charge on any atom is -0.488 e. The third-order valence-electron chi connectivity index (χ3n) is 3.86. The zero-order chi connectivity index (χ0) is 18.9. The highest BCUT2D eigenvalue weighted by Crippen LogP contribution is 2.20. The second-order valence-corrected chi connectivity index (χ2v) is 6.28. The number of benzene rings is 3. The van der Waals surface area contributed by atoms with Gasteiger partial charge in [0, 0.05) is 16.1 Å². The number of amides is 1. The molecule has 0 aliphatic heterocycles. The lowest BCUT2D eigenvalue weighted by Gasteiger charge is -2.10. The number of nitrogens with zero attached hydrogens (tertiary/aromatic N) is 1. The van der Waals surface area contributed by atoms with Gasteiger partial charge in [0.15, 0.2) is 0 Å². The van der Waals surface area contributed by atoms with E-state index in [2.05, 4.69) is 10.5 Å². The SMILES string of the molecule is O=C(Cc1ccccc1)N/N=C/c1ccccc1OCc1ccccc1Cl. The zero-order valence-corrected chi connectivity index (χ0v) is 15.4. The highest BCUT2D eigenvalue weighted by Gasteiger charge is 2.05. The summed E-state index contributed by atoms with van der Waals surface area (Å²) in [6.07, 6.45) is 1.85. The van der Waals surface area contributed by atoms with Crippen molar-refractivity contribution < 1.29 is 9.53 Å². The maximum atomic E-state index is 12.0. The zero-order valence-electron chi connectivity index (χ0n) is 14.6. The molecule has 3 aromatic rings. The summed E-state index contributed by atoms with van der Waals surface area (Å²) in [5.41, 5.74) is 5.15. The van der Waals surface area contributed by atoms with E-state index in [-0.39, 0.29) is 12.3 Å². The van der Waals surface area contributed by atoms with E-state index in [9.17, 15) is 4.79 Å². The fourth-order valence-corrected chi connectivity index (χ4v) is 2.67. The van der Waals surface area contributed by atoms with Gasteiger partial charge in [-0.1, -0.05) is 72.3 Å². The fourth-order valence-electron chi connectivity index (χ4n) is 2.48. The molecular weight excluding hydrogens is 360 g/mol. The molecule has 0 saturated heterocycles. The van der Waals surface area contributed by atoms with Crippen molar-refractivity contribution in [1.82, 2.24) is 5.43 Å². The molecule has 27 heavy (non-hydrogen) atoms. The number of rotatable bonds is 7. The van der Waals surface area contributed by atoms with Gasteiger partial charge in [0.05, 0.1) is 12.6 Å². The van der Waals surface area contributed by atoms with E-state index in [4.69, 9.17) is 16.3 Å². The molecule has 0 aliphatic rings. The van der Waals surface area contributed by atoms with Crippen LogP contribution in [0.15, 0.2) is 84.0 Å². The molecule has 0 aliphatic carbocycles. The largest absolute Gasteiger partial charge is 0.488 e. The van der Waals surface area contributed by atoms with E-state index in [0.717, 1.165) is 16.7 Å². The number of nitrogens with one attached hydrogen (secondary N) is 1. The Morgan fingerprint density at radius 2 is 1.67 bits per heavy atom. The molecule has 0 fully saturated rings. The van der Waals surface area contributed by atoms with Gasteiger partial charge in [0.1, 0.15) is 12.4 Å². The summed E-state index contributed by atoms with van der Waals surface area (Å²) in [7, 11) is 0. The van der Waals surface area contributed by atoms with E-state index < -0.39 is 0 Å². The van der Waals surface area contributed by atoms with Crippen molar-refractivity contribution in [1.29, 1.82) is 0 Å². The molecule has 0 heterocycles. The summed E-state index contributed by atoms with van der Waals surface area (Å²) in [5.74, 6) is 0.491. The first-order valence-corrected chi connectivity index (χ1v) is 8.91. The van der Waals surface area contributed by atoms with Gasteiger partial charge in [0.25, 0.3) is 0 Å². The van der Waals surface area contributed by atoms with Crippen molar-refractivity contribution >= 4 is 23.7 Å². The smallest absolute Gasteiger partial charge is 0.244 e. The van der Waals surface area contributed by atoms with Gasteiger partial charge in [-0.15, -0.1) is 0 Å². The molecule has 0 saturated carbocycles. The Labute approximate surface area is 163 Å². The normalized spacial score (nSPS) is 10.7. The number of ether oxygens (including phenoxy) is 1. The van der Waals surface area contributed by atoms with E-state index in [1.165, 1.54) is 0 Å². The van der Waals surface area contributed by atoms with Crippen LogP contribution in [0, 0.1) is 0 Å². The molecule has 136 valence electrons. The monoisotopic (exact) mass is 378 g/mol. The van der Waals surface area contributed by atoms with Gasteiger partial charge < -0.3 is 4.74 Å². The number of carbonyl (C=O) groups excluding carboxylic acids is 1. The first kappa shape index (κ1) is 18.7. The molecule has 5 heteroatoms. The van der Waals surface area contributed by atoms with Crippen LogP contribution >= 0.6 is 11.6 Å². The van der Waals surface area contributed by atoms with E-state index in [1.807, 2.05) is 78.9 Å². The molecular formula is C22H19ClN2O2. The molecule has 1 amide bonds. The van der Waals surface area contributed by atoms with Crippen LogP contribution in [0.3, 0.4) is 0 Å². The highest BCUT2D eigenvalue weighted by atomic mass is 35.5. The predicted molar refractivity (Wildman–Crippen MR) is 108 cm³/mol. The number of hydrogen-bond donors (Lipinski definition) is 1. The number of para-hydroxylation sites is 1. The van der Waals surface area contributed by atoms with Crippen LogP contribution < -0.4 is 10.2 Å². The molecule has 3 aromatic carbocycles. The second-order valence-electron chi connectivity index (χ2n) is 5.87. The van der Waals surface area contributed by atoms with Crippen molar-refractivity contribution in [2.45, 2.75) is 13.0 Å². The Kier molecular flexibility index (Phi) is 6.61. The Balaban J connectivity index is 1.59. The maximum Gasteiger partial charge on any atom is 0.244 e. The van der Waals surface area contributed by atoms with E-state index in [1.54, 1.807) is 6.21 Å². The van der Waals surface area contributed by atoms with Crippen molar-refractivity contribution in [2.75, 3.05) is 0 Å². The maximum absolute atomic E-state index is 12.0. The van der Waals surface area contributed by atoms with Crippen LogP contribution in [0.2, 0.25) is 5.02 Å². The van der Waals surface area contributed by atoms with Gasteiger partial charge in [-0.25, -0.2) is 5.43 Å². The predicted octanol–water partition coefficient (Wildman–Crippen LogP) is 4.61. The molecule has 0 radical (unpaired) electrons. The van der Waals surface area contributed by atoms with Crippen LogP contribution in [0.25, 0.3) is 0 Å². The average molecular weight is 379 g/mol. The summed E-state index contributed by atoms with van der Waals surface area (Å²) in [6, 6.07) is 24.6.